The summed E-state index contributed by atoms with van der Waals surface area (Å²) in [5.41, 5.74) is 2.25. The summed E-state index contributed by atoms with van der Waals surface area (Å²) in [5.74, 6) is 1.32. The van der Waals surface area contributed by atoms with Gasteiger partial charge in [-0.05, 0) is 54.4 Å². The van der Waals surface area contributed by atoms with E-state index in [1.165, 1.54) is 11.8 Å². The van der Waals surface area contributed by atoms with Crippen molar-refractivity contribution in [2.24, 2.45) is 4.99 Å². The zero-order chi connectivity index (χ0) is 22.1. The second-order valence-electron chi connectivity index (χ2n) is 6.88. The van der Waals surface area contributed by atoms with E-state index in [4.69, 9.17) is 4.74 Å². The van der Waals surface area contributed by atoms with Crippen molar-refractivity contribution in [1.29, 1.82) is 0 Å². The average Bonchev–Trinajstić information content (AvgIpc) is 3.30. The molecule has 0 radical (unpaired) electrons. The fourth-order valence-electron chi connectivity index (χ4n) is 2.90. The van der Waals surface area contributed by atoms with Crippen LogP contribution in [-0.2, 0) is 16.3 Å². The minimum Gasteiger partial charge on any atom is -0.492 e. The van der Waals surface area contributed by atoms with E-state index in [9.17, 15) is 8.42 Å². The third-order valence-corrected chi connectivity index (χ3v) is 5.68. The molecule has 0 aliphatic carbocycles. The second kappa shape index (κ2) is 12.4. The van der Waals surface area contributed by atoms with Crippen molar-refractivity contribution >= 4 is 39.8 Å². The predicted molar refractivity (Wildman–Crippen MR) is 137 cm³/mol. The number of ether oxygens (including phenoxy) is 1. The number of hydrogen-bond acceptors (Lipinski definition) is 5. The van der Waals surface area contributed by atoms with Crippen LogP contribution in [0.5, 0.6) is 5.75 Å². The fraction of sp³-hybridized carbons (Fsp3) is 0.273. The van der Waals surface area contributed by atoms with Crippen molar-refractivity contribution in [3.8, 4) is 11.4 Å². The summed E-state index contributed by atoms with van der Waals surface area (Å²) in [6, 6.07) is 16.6. The van der Waals surface area contributed by atoms with Gasteiger partial charge in [0.25, 0.3) is 0 Å². The first-order chi connectivity index (χ1) is 15.0. The molecule has 0 fully saturated rings. The van der Waals surface area contributed by atoms with E-state index in [1.807, 2.05) is 16.9 Å². The van der Waals surface area contributed by atoms with Crippen LogP contribution in [0.15, 0.2) is 76.9 Å². The Morgan fingerprint density at radius 2 is 1.75 bits per heavy atom. The van der Waals surface area contributed by atoms with Crippen LogP contribution in [0.25, 0.3) is 5.69 Å². The smallest absolute Gasteiger partial charge is 0.191 e. The van der Waals surface area contributed by atoms with Crippen LogP contribution < -0.4 is 15.4 Å². The summed E-state index contributed by atoms with van der Waals surface area (Å²) in [7, 11) is -1.48. The molecule has 0 saturated heterocycles. The number of nitrogens with zero attached hydrogens (tertiary/aromatic N) is 3. The third kappa shape index (κ3) is 7.83. The molecule has 8 nitrogen and oxygen atoms in total. The summed E-state index contributed by atoms with van der Waals surface area (Å²) < 4.78 is 30.4. The number of rotatable bonds is 9. The zero-order valence-corrected chi connectivity index (χ0v) is 21.2. The van der Waals surface area contributed by atoms with Crippen molar-refractivity contribution in [3.63, 3.8) is 0 Å². The molecule has 10 heteroatoms. The standard InChI is InChI=1S/C22H27N5O3S.HI/c1-23-22(25-15-17-30-20-8-10-21(11-9-20)31(2,28)29)24-14-12-18-4-6-19(7-5-18)27-16-3-13-26-27;/h3-11,13,16H,12,14-15,17H2,1-2H3,(H2,23,24,25);1H. The van der Waals surface area contributed by atoms with Gasteiger partial charge in [-0.15, -0.1) is 24.0 Å². The first-order valence-electron chi connectivity index (χ1n) is 9.92. The van der Waals surface area contributed by atoms with Gasteiger partial charge >= 0.3 is 0 Å². The lowest BCUT2D eigenvalue weighted by Gasteiger charge is -2.13. The Morgan fingerprint density at radius 3 is 2.34 bits per heavy atom. The van der Waals surface area contributed by atoms with Crippen molar-refractivity contribution in [1.82, 2.24) is 20.4 Å². The number of hydrogen-bond donors (Lipinski definition) is 2. The van der Waals surface area contributed by atoms with Crippen LogP contribution in [0.3, 0.4) is 0 Å². The third-order valence-electron chi connectivity index (χ3n) is 4.55. The molecule has 172 valence electrons. The molecule has 2 N–H and O–H groups in total. The van der Waals surface area contributed by atoms with Crippen LogP contribution in [0.4, 0.5) is 0 Å². The maximum atomic E-state index is 11.5. The molecule has 2 aromatic carbocycles. The molecule has 0 bridgehead atoms. The van der Waals surface area contributed by atoms with Crippen molar-refractivity contribution in [2.45, 2.75) is 11.3 Å². The Bertz CT molecular complexity index is 1080. The van der Waals surface area contributed by atoms with Crippen LogP contribution in [-0.4, -0.2) is 57.2 Å². The van der Waals surface area contributed by atoms with Gasteiger partial charge < -0.3 is 15.4 Å². The van der Waals surface area contributed by atoms with Gasteiger partial charge in [-0.2, -0.15) is 5.10 Å². The molecule has 0 atom stereocenters. The highest BCUT2D eigenvalue weighted by Crippen LogP contribution is 2.15. The Hall–Kier alpha value is -2.60. The summed E-state index contributed by atoms with van der Waals surface area (Å²) in [6.45, 7) is 1.73. The van der Waals surface area contributed by atoms with Crippen LogP contribution >= 0.6 is 24.0 Å². The Labute approximate surface area is 206 Å². The molecule has 1 aromatic heterocycles. The Morgan fingerprint density at radius 1 is 1.06 bits per heavy atom. The molecule has 0 spiro atoms. The molecule has 0 amide bonds. The average molecular weight is 569 g/mol. The first kappa shape index (κ1) is 25.7. The summed E-state index contributed by atoms with van der Waals surface area (Å²) in [4.78, 5) is 4.49. The predicted octanol–water partition coefficient (Wildman–Crippen LogP) is 2.68. The van der Waals surface area contributed by atoms with E-state index in [-0.39, 0.29) is 28.9 Å². The fourth-order valence-corrected chi connectivity index (χ4v) is 3.53. The number of halogens is 1. The lowest BCUT2D eigenvalue weighted by Crippen LogP contribution is -2.40. The minimum absolute atomic E-state index is 0. The topological polar surface area (TPSA) is 97.6 Å². The molecule has 0 saturated carbocycles. The van der Waals surface area contributed by atoms with Crippen LogP contribution in [0.1, 0.15) is 5.56 Å². The van der Waals surface area contributed by atoms with Gasteiger partial charge in [0.15, 0.2) is 15.8 Å². The Balaban J connectivity index is 0.00000363. The van der Waals surface area contributed by atoms with Gasteiger partial charge in [-0.3, -0.25) is 4.99 Å². The van der Waals surface area contributed by atoms with E-state index >= 15 is 0 Å². The van der Waals surface area contributed by atoms with Crippen LogP contribution in [0.2, 0.25) is 0 Å². The highest BCUT2D eigenvalue weighted by Gasteiger charge is 2.06. The largest absolute Gasteiger partial charge is 0.492 e. The molecular formula is C22H28IN5O3S. The summed E-state index contributed by atoms with van der Waals surface area (Å²) >= 11 is 0. The second-order valence-corrected chi connectivity index (χ2v) is 8.90. The van der Waals surface area contributed by atoms with Gasteiger partial charge in [-0.1, -0.05) is 12.1 Å². The van der Waals surface area contributed by atoms with E-state index in [2.05, 4.69) is 45.0 Å². The highest BCUT2D eigenvalue weighted by molar-refractivity contribution is 14.0. The van der Waals surface area contributed by atoms with Crippen molar-refractivity contribution in [3.05, 3.63) is 72.6 Å². The van der Waals surface area contributed by atoms with Crippen molar-refractivity contribution < 1.29 is 13.2 Å². The number of aromatic nitrogens is 2. The van der Waals surface area contributed by atoms with Gasteiger partial charge in [0.05, 0.1) is 17.1 Å². The van der Waals surface area contributed by atoms with E-state index in [0.717, 1.165) is 18.7 Å². The Kier molecular flexibility index (Phi) is 9.97. The molecule has 0 unspecified atom stereocenters. The first-order valence-corrected chi connectivity index (χ1v) is 11.8. The van der Waals surface area contributed by atoms with Crippen molar-refractivity contribution in [2.75, 3.05) is 33.0 Å². The normalized spacial score (nSPS) is 11.5. The van der Waals surface area contributed by atoms with E-state index in [0.29, 0.717) is 24.9 Å². The monoisotopic (exact) mass is 569 g/mol. The summed E-state index contributed by atoms with van der Waals surface area (Å²) in [5, 5.41) is 10.7. The van der Waals surface area contributed by atoms with Gasteiger partial charge in [0, 0.05) is 32.2 Å². The van der Waals surface area contributed by atoms with Crippen LogP contribution in [0, 0.1) is 0 Å². The minimum atomic E-state index is -3.20. The molecule has 0 aliphatic heterocycles. The molecular weight excluding hydrogens is 541 g/mol. The maximum Gasteiger partial charge on any atom is 0.191 e. The molecule has 0 aliphatic rings. The maximum absolute atomic E-state index is 11.5. The number of sulfone groups is 1. The van der Waals surface area contributed by atoms with Gasteiger partial charge in [0.1, 0.15) is 12.4 Å². The molecule has 3 aromatic rings. The highest BCUT2D eigenvalue weighted by atomic mass is 127. The van der Waals surface area contributed by atoms with Gasteiger partial charge in [-0.25, -0.2) is 13.1 Å². The summed E-state index contributed by atoms with van der Waals surface area (Å²) in [6.07, 6.45) is 5.72. The van der Waals surface area contributed by atoms with Gasteiger partial charge in [0.2, 0.25) is 0 Å². The lowest BCUT2D eigenvalue weighted by atomic mass is 10.1. The number of benzene rings is 2. The molecule has 1 heterocycles. The number of nitrogens with one attached hydrogen (secondary N) is 2. The quantitative estimate of drug-likeness (QED) is 0.178. The number of aliphatic imine (C=N–C) groups is 1. The lowest BCUT2D eigenvalue weighted by molar-refractivity contribution is 0.321. The van der Waals surface area contributed by atoms with E-state index in [1.54, 1.807) is 37.5 Å². The zero-order valence-electron chi connectivity index (χ0n) is 18.1. The molecule has 32 heavy (non-hydrogen) atoms. The molecule has 3 rings (SSSR count). The number of guanidine groups is 1. The van der Waals surface area contributed by atoms with E-state index < -0.39 is 9.84 Å². The SMILES string of the molecule is CN=C(NCCOc1ccc(S(C)(=O)=O)cc1)NCCc1ccc(-n2cccn2)cc1.I.